The summed E-state index contributed by atoms with van der Waals surface area (Å²) in [5.74, 6) is 0. The van der Waals surface area contributed by atoms with Crippen molar-refractivity contribution >= 4 is 6.29 Å². The first-order valence-corrected chi connectivity index (χ1v) is 5.61. The van der Waals surface area contributed by atoms with Crippen molar-refractivity contribution in [1.29, 1.82) is 0 Å². The van der Waals surface area contributed by atoms with Gasteiger partial charge in [-0.2, -0.15) is 0 Å². The second-order valence-electron chi connectivity index (χ2n) is 4.62. The molecule has 0 radical (unpaired) electrons. The minimum absolute atomic E-state index is 0.624. The minimum Gasteiger partial charge on any atom is -0.384 e. The summed E-state index contributed by atoms with van der Waals surface area (Å²) in [6, 6.07) is 7.26. The lowest BCUT2D eigenvalue weighted by atomic mass is 9.85. The summed E-state index contributed by atoms with van der Waals surface area (Å²) in [6.45, 7) is 1.66. The molecule has 1 fully saturated rings. The lowest BCUT2D eigenvalue weighted by molar-refractivity contribution is -0.0277. The molecule has 1 unspecified atom stereocenters. The number of likely N-dealkylation sites (tertiary alicyclic amines) is 1. The third kappa shape index (κ3) is 2.15. The molecule has 1 aliphatic rings. The number of benzene rings is 1. The van der Waals surface area contributed by atoms with Gasteiger partial charge in [-0.15, -0.1) is 0 Å². The molecule has 16 heavy (non-hydrogen) atoms. The number of likely N-dealkylation sites (N-methyl/N-ethyl adjacent to an activating group) is 1. The first-order chi connectivity index (χ1) is 7.64. The van der Waals surface area contributed by atoms with E-state index in [-0.39, 0.29) is 0 Å². The van der Waals surface area contributed by atoms with Gasteiger partial charge in [-0.3, -0.25) is 4.79 Å². The van der Waals surface area contributed by atoms with E-state index in [1.807, 2.05) is 19.2 Å². The molecule has 1 aliphatic heterocycles. The van der Waals surface area contributed by atoms with Crippen LogP contribution in [0.2, 0.25) is 0 Å². The first-order valence-electron chi connectivity index (χ1n) is 5.61. The highest BCUT2D eigenvalue weighted by Gasteiger charge is 2.33. The van der Waals surface area contributed by atoms with Crippen LogP contribution in [0.25, 0.3) is 0 Å². The van der Waals surface area contributed by atoms with Gasteiger partial charge in [-0.25, -0.2) is 0 Å². The molecular formula is C13H17NO2. The van der Waals surface area contributed by atoms with Crippen molar-refractivity contribution < 1.29 is 9.90 Å². The Morgan fingerprint density at radius 1 is 1.50 bits per heavy atom. The number of β-amino-alcohol motifs (C(OH)–C–C–N with tert-alkyl or cyclic N) is 1. The Labute approximate surface area is 95.7 Å². The van der Waals surface area contributed by atoms with Gasteiger partial charge >= 0.3 is 0 Å². The summed E-state index contributed by atoms with van der Waals surface area (Å²) in [4.78, 5) is 12.8. The predicted octanol–water partition coefficient (Wildman–Crippen LogP) is 1.41. The van der Waals surface area contributed by atoms with Crippen LogP contribution in [-0.2, 0) is 5.60 Å². The smallest absolute Gasteiger partial charge is 0.150 e. The molecule has 2 rings (SSSR count). The third-order valence-electron chi connectivity index (χ3n) is 3.22. The van der Waals surface area contributed by atoms with Gasteiger partial charge in [0.2, 0.25) is 0 Å². The third-order valence-corrected chi connectivity index (χ3v) is 3.22. The van der Waals surface area contributed by atoms with E-state index in [1.54, 1.807) is 12.1 Å². The van der Waals surface area contributed by atoms with Gasteiger partial charge in [0.15, 0.2) is 0 Å². The van der Waals surface area contributed by atoms with E-state index in [0.29, 0.717) is 12.1 Å². The number of hydrogen-bond donors (Lipinski definition) is 1. The van der Waals surface area contributed by atoms with E-state index >= 15 is 0 Å². The van der Waals surface area contributed by atoms with Gasteiger partial charge in [-0.05, 0) is 38.1 Å². The number of carbonyl (C=O) groups excluding carboxylic acids is 1. The van der Waals surface area contributed by atoms with E-state index in [9.17, 15) is 9.90 Å². The van der Waals surface area contributed by atoms with Gasteiger partial charge in [0.1, 0.15) is 11.9 Å². The molecule has 1 atom stereocenters. The summed E-state index contributed by atoms with van der Waals surface area (Å²) < 4.78 is 0. The molecule has 3 heteroatoms. The summed E-state index contributed by atoms with van der Waals surface area (Å²) in [7, 11) is 2.01. The molecule has 1 aromatic carbocycles. The summed E-state index contributed by atoms with van der Waals surface area (Å²) in [5, 5.41) is 10.6. The zero-order valence-corrected chi connectivity index (χ0v) is 9.52. The number of piperidine rings is 1. The fraction of sp³-hybridized carbons (Fsp3) is 0.462. The number of carbonyl (C=O) groups is 1. The molecule has 1 N–H and O–H groups in total. The van der Waals surface area contributed by atoms with Gasteiger partial charge in [0.25, 0.3) is 0 Å². The maximum absolute atomic E-state index is 10.7. The van der Waals surface area contributed by atoms with Crippen LogP contribution < -0.4 is 0 Å². The monoisotopic (exact) mass is 219 g/mol. The standard InChI is InChI=1S/C13H17NO2/c1-14-7-3-6-13(16,10-14)12-5-2-4-11(8-12)9-15/h2,4-5,8-9,16H,3,6-7,10H2,1H3. The van der Waals surface area contributed by atoms with E-state index in [1.165, 1.54) is 0 Å². The fourth-order valence-electron chi connectivity index (χ4n) is 2.38. The van der Waals surface area contributed by atoms with Crippen LogP contribution in [-0.4, -0.2) is 36.4 Å². The molecule has 1 aromatic rings. The van der Waals surface area contributed by atoms with Crippen molar-refractivity contribution in [2.45, 2.75) is 18.4 Å². The molecule has 0 amide bonds. The second-order valence-corrected chi connectivity index (χ2v) is 4.62. The molecule has 1 heterocycles. The summed E-state index contributed by atoms with van der Waals surface area (Å²) in [6.07, 6.45) is 2.57. The zero-order valence-electron chi connectivity index (χ0n) is 9.52. The second kappa shape index (κ2) is 4.36. The minimum atomic E-state index is -0.800. The molecule has 1 saturated heterocycles. The van der Waals surface area contributed by atoms with Crippen LogP contribution in [0.4, 0.5) is 0 Å². The Balaban J connectivity index is 2.30. The number of hydrogen-bond acceptors (Lipinski definition) is 3. The maximum atomic E-state index is 10.7. The van der Waals surface area contributed by atoms with E-state index in [4.69, 9.17) is 0 Å². The quantitative estimate of drug-likeness (QED) is 0.765. The molecule has 0 aliphatic carbocycles. The molecule has 0 aromatic heterocycles. The van der Waals surface area contributed by atoms with Crippen LogP contribution in [0.15, 0.2) is 24.3 Å². The number of aldehydes is 1. The fourth-order valence-corrected chi connectivity index (χ4v) is 2.38. The van der Waals surface area contributed by atoms with Crippen LogP contribution in [0, 0.1) is 0 Å². The lowest BCUT2D eigenvalue weighted by Gasteiger charge is -2.37. The highest BCUT2D eigenvalue weighted by atomic mass is 16.3. The largest absolute Gasteiger partial charge is 0.384 e. The summed E-state index contributed by atoms with van der Waals surface area (Å²) in [5.41, 5.74) is 0.675. The first kappa shape index (κ1) is 11.3. The summed E-state index contributed by atoms with van der Waals surface area (Å²) >= 11 is 0. The van der Waals surface area contributed by atoms with Gasteiger partial charge in [-0.1, -0.05) is 18.2 Å². The van der Waals surface area contributed by atoms with Gasteiger partial charge in [0.05, 0.1) is 0 Å². The highest BCUT2D eigenvalue weighted by Crippen LogP contribution is 2.31. The normalized spacial score (nSPS) is 26.6. The van der Waals surface area contributed by atoms with Crippen molar-refractivity contribution in [3.63, 3.8) is 0 Å². The van der Waals surface area contributed by atoms with E-state index < -0.39 is 5.60 Å². The van der Waals surface area contributed by atoms with Crippen LogP contribution in [0.5, 0.6) is 0 Å². The Kier molecular flexibility index (Phi) is 3.08. The van der Waals surface area contributed by atoms with Crippen LogP contribution in [0.1, 0.15) is 28.8 Å². The van der Waals surface area contributed by atoms with Crippen molar-refractivity contribution in [1.82, 2.24) is 4.90 Å². The van der Waals surface area contributed by atoms with Crippen molar-refractivity contribution in [2.75, 3.05) is 20.1 Å². The average Bonchev–Trinajstić information content (AvgIpc) is 2.29. The molecule has 86 valence electrons. The molecule has 3 nitrogen and oxygen atoms in total. The topological polar surface area (TPSA) is 40.5 Å². The van der Waals surface area contributed by atoms with Gasteiger partial charge in [0, 0.05) is 12.1 Å². The van der Waals surface area contributed by atoms with Crippen molar-refractivity contribution in [3.05, 3.63) is 35.4 Å². The SMILES string of the molecule is CN1CCCC(O)(c2cccc(C=O)c2)C1. The van der Waals surface area contributed by atoms with Crippen molar-refractivity contribution in [2.24, 2.45) is 0 Å². The number of rotatable bonds is 2. The Bertz CT molecular complexity index is 391. The lowest BCUT2D eigenvalue weighted by Crippen LogP contribution is -2.44. The zero-order chi connectivity index (χ0) is 11.6. The number of aliphatic hydroxyl groups is 1. The highest BCUT2D eigenvalue weighted by molar-refractivity contribution is 5.75. The van der Waals surface area contributed by atoms with Crippen LogP contribution >= 0.6 is 0 Å². The van der Waals surface area contributed by atoms with Crippen molar-refractivity contribution in [3.8, 4) is 0 Å². The molecule has 0 spiro atoms. The number of nitrogens with zero attached hydrogens (tertiary/aromatic N) is 1. The molecule has 0 bridgehead atoms. The van der Waals surface area contributed by atoms with E-state index in [2.05, 4.69) is 4.90 Å². The average molecular weight is 219 g/mol. The van der Waals surface area contributed by atoms with Crippen LogP contribution in [0.3, 0.4) is 0 Å². The van der Waals surface area contributed by atoms with E-state index in [0.717, 1.165) is 31.2 Å². The van der Waals surface area contributed by atoms with Gasteiger partial charge < -0.3 is 10.0 Å². The Morgan fingerprint density at radius 2 is 2.31 bits per heavy atom. The molecule has 0 saturated carbocycles. The maximum Gasteiger partial charge on any atom is 0.150 e. The predicted molar refractivity (Wildman–Crippen MR) is 62.5 cm³/mol. The molecular weight excluding hydrogens is 202 g/mol. The Morgan fingerprint density at radius 3 is 3.00 bits per heavy atom. The Hall–Kier alpha value is -1.19.